The van der Waals surface area contributed by atoms with Crippen molar-refractivity contribution >= 4 is 23.0 Å². The van der Waals surface area contributed by atoms with Gasteiger partial charge in [-0.05, 0) is 30.0 Å². The quantitative estimate of drug-likeness (QED) is 0.667. The highest BCUT2D eigenvalue weighted by Gasteiger charge is 2.11. The van der Waals surface area contributed by atoms with E-state index in [9.17, 15) is 0 Å². The first-order valence-electron chi connectivity index (χ1n) is 7.75. The minimum Gasteiger partial charge on any atom is -0.490 e. The van der Waals surface area contributed by atoms with Gasteiger partial charge in [-0.3, -0.25) is 4.99 Å². The maximum absolute atomic E-state index is 5.71. The van der Waals surface area contributed by atoms with Crippen molar-refractivity contribution in [2.24, 2.45) is 4.99 Å². The highest BCUT2D eigenvalue weighted by atomic mass is 32.1. The van der Waals surface area contributed by atoms with Gasteiger partial charge in [0.15, 0.2) is 17.5 Å². The lowest BCUT2D eigenvalue weighted by Crippen LogP contribution is -2.32. The molecule has 1 aliphatic heterocycles. The topological polar surface area (TPSA) is 54.9 Å². The van der Waals surface area contributed by atoms with Gasteiger partial charge < -0.3 is 20.1 Å². The van der Waals surface area contributed by atoms with Crippen molar-refractivity contribution in [1.82, 2.24) is 5.32 Å². The van der Waals surface area contributed by atoms with Gasteiger partial charge in [0.2, 0.25) is 0 Å². The van der Waals surface area contributed by atoms with E-state index in [0.29, 0.717) is 13.2 Å². The van der Waals surface area contributed by atoms with Crippen LogP contribution in [0, 0.1) is 0 Å². The zero-order chi connectivity index (χ0) is 15.9. The molecule has 122 valence electrons. The minimum absolute atomic E-state index is 0.685. The molecule has 0 saturated heterocycles. The van der Waals surface area contributed by atoms with Crippen LogP contribution >= 0.6 is 11.3 Å². The third-order valence-corrected chi connectivity index (χ3v) is 4.41. The Hall–Kier alpha value is -2.21. The van der Waals surface area contributed by atoms with Crippen LogP contribution in [-0.4, -0.2) is 32.8 Å². The second-order valence-electron chi connectivity index (χ2n) is 5.17. The number of hydrogen-bond donors (Lipinski definition) is 2. The number of nitrogens with one attached hydrogen (secondary N) is 2. The fraction of sp³-hybridized carbons (Fsp3) is 0.353. The van der Waals surface area contributed by atoms with E-state index in [4.69, 9.17) is 9.47 Å². The molecule has 0 atom stereocenters. The van der Waals surface area contributed by atoms with Gasteiger partial charge >= 0.3 is 0 Å². The molecule has 0 saturated carbocycles. The number of hydrogen-bond acceptors (Lipinski definition) is 4. The zero-order valence-electron chi connectivity index (χ0n) is 13.2. The number of benzene rings is 1. The molecule has 1 aromatic carbocycles. The molecule has 0 fully saturated rings. The maximum Gasteiger partial charge on any atom is 0.195 e. The molecule has 0 amide bonds. The molecule has 1 aliphatic rings. The van der Waals surface area contributed by atoms with E-state index in [1.165, 1.54) is 4.88 Å². The average Bonchev–Trinajstić information content (AvgIpc) is 2.98. The lowest BCUT2D eigenvalue weighted by molar-refractivity contribution is 0.297. The van der Waals surface area contributed by atoms with Crippen molar-refractivity contribution in [2.45, 2.75) is 12.8 Å². The molecule has 23 heavy (non-hydrogen) atoms. The molecule has 5 nitrogen and oxygen atoms in total. The van der Waals surface area contributed by atoms with E-state index >= 15 is 0 Å². The Morgan fingerprint density at radius 2 is 2.09 bits per heavy atom. The van der Waals surface area contributed by atoms with Gasteiger partial charge in [-0.15, -0.1) is 11.3 Å². The summed E-state index contributed by atoms with van der Waals surface area (Å²) in [5.41, 5.74) is 0.929. The predicted molar refractivity (Wildman–Crippen MR) is 95.1 cm³/mol. The van der Waals surface area contributed by atoms with E-state index in [0.717, 1.165) is 42.5 Å². The molecule has 0 radical (unpaired) electrons. The molecular formula is C17H21N3O2S. The number of guanidine groups is 1. The van der Waals surface area contributed by atoms with Crippen molar-refractivity contribution in [1.29, 1.82) is 0 Å². The molecule has 1 aromatic heterocycles. The summed E-state index contributed by atoms with van der Waals surface area (Å²) in [7, 11) is 1.77. The van der Waals surface area contributed by atoms with Gasteiger partial charge in [-0.25, -0.2) is 0 Å². The molecule has 3 rings (SSSR count). The number of aliphatic imine (C=N–C) groups is 1. The van der Waals surface area contributed by atoms with Crippen LogP contribution in [0.15, 0.2) is 40.7 Å². The summed E-state index contributed by atoms with van der Waals surface area (Å²) >= 11 is 1.77. The van der Waals surface area contributed by atoms with Crippen molar-refractivity contribution in [3.05, 3.63) is 40.6 Å². The first kappa shape index (κ1) is 15.7. The van der Waals surface area contributed by atoms with Gasteiger partial charge in [-0.1, -0.05) is 6.07 Å². The van der Waals surface area contributed by atoms with Gasteiger partial charge in [0.25, 0.3) is 0 Å². The first-order chi connectivity index (χ1) is 11.3. The molecule has 2 aromatic rings. The summed E-state index contributed by atoms with van der Waals surface area (Å²) in [6.07, 6.45) is 1.89. The molecule has 0 bridgehead atoms. The van der Waals surface area contributed by atoms with E-state index in [1.54, 1.807) is 18.4 Å². The van der Waals surface area contributed by atoms with E-state index in [-0.39, 0.29) is 0 Å². The highest BCUT2D eigenvalue weighted by molar-refractivity contribution is 7.09. The number of anilines is 1. The van der Waals surface area contributed by atoms with Crippen molar-refractivity contribution in [2.75, 3.05) is 32.1 Å². The zero-order valence-corrected chi connectivity index (χ0v) is 14.0. The highest BCUT2D eigenvalue weighted by Crippen LogP contribution is 2.32. The Kier molecular flexibility index (Phi) is 5.37. The van der Waals surface area contributed by atoms with Crippen LogP contribution in [0.1, 0.15) is 11.3 Å². The van der Waals surface area contributed by atoms with Crippen LogP contribution < -0.4 is 20.1 Å². The Balaban J connectivity index is 1.57. The van der Waals surface area contributed by atoms with Gasteiger partial charge in [0, 0.05) is 36.6 Å². The monoisotopic (exact) mass is 331 g/mol. The number of thiophene rings is 1. The molecule has 6 heteroatoms. The summed E-state index contributed by atoms with van der Waals surface area (Å²) in [4.78, 5) is 5.62. The summed E-state index contributed by atoms with van der Waals surface area (Å²) in [5.74, 6) is 2.33. The van der Waals surface area contributed by atoms with Crippen LogP contribution in [0.2, 0.25) is 0 Å². The fourth-order valence-electron chi connectivity index (χ4n) is 2.32. The predicted octanol–water partition coefficient (Wildman–Crippen LogP) is 3.14. The smallest absolute Gasteiger partial charge is 0.195 e. The molecule has 2 N–H and O–H groups in total. The number of nitrogens with zero attached hydrogens (tertiary/aromatic N) is 1. The molecule has 2 heterocycles. The Bertz CT molecular complexity index is 656. The number of ether oxygens (including phenoxy) is 2. The number of fused-ring (bicyclic) bond motifs is 1. The summed E-state index contributed by atoms with van der Waals surface area (Å²) in [5, 5.41) is 8.71. The normalized spacial score (nSPS) is 14.2. The third kappa shape index (κ3) is 4.39. The number of rotatable bonds is 4. The molecule has 0 spiro atoms. The first-order valence-corrected chi connectivity index (χ1v) is 8.63. The summed E-state index contributed by atoms with van der Waals surface area (Å²) in [6, 6.07) is 10.1. The van der Waals surface area contributed by atoms with Gasteiger partial charge in [0.1, 0.15) is 0 Å². The Labute approximate surface area is 140 Å². The van der Waals surface area contributed by atoms with Crippen molar-refractivity contribution in [3.63, 3.8) is 0 Å². The maximum atomic E-state index is 5.71. The average molecular weight is 331 g/mol. The fourth-order valence-corrected chi connectivity index (χ4v) is 3.02. The Morgan fingerprint density at radius 1 is 1.22 bits per heavy atom. The largest absolute Gasteiger partial charge is 0.490 e. The van der Waals surface area contributed by atoms with Crippen LogP contribution in [-0.2, 0) is 6.42 Å². The van der Waals surface area contributed by atoms with Crippen LogP contribution in [0.25, 0.3) is 0 Å². The SMILES string of the molecule is CN=C(NCCc1cccs1)Nc1ccc2c(c1)OCCCO2. The van der Waals surface area contributed by atoms with Crippen LogP contribution in [0.4, 0.5) is 5.69 Å². The standard InChI is InChI=1S/C17H21N3O2S/c1-18-17(19-8-7-14-4-2-11-23-14)20-13-5-6-15-16(12-13)22-10-3-9-21-15/h2,4-6,11-12H,3,7-10H2,1H3,(H2,18,19,20). The second kappa shape index (κ2) is 7.87. The van der Waals surface area contributed by atoms with E-state index < -0.39 is 0 Å². The molecule has 0 unspecified atom stereocenters. The lowest BCUT2D eigenvalue weighted by atomic mass is 10.2. The summed E-state index contributed by atoms with van der Waals surface area (Å²) < 4.78 is 11.4. The molecule has 0 aliphatic carbocycles. The third-order valence-electron chi connectivity index (χ3n) is 3.48. The van der Waals surface area contributed by atoms with Gasteiger partial charge in [-0.2, -0.15) is 0 Å². The lowest BCUT2D eigenvalue weighted by Gasteiger charge is -2.13. The minimum atomic E-state index is 0.685. The Morgan fingerprint density at radius 3 is 2.87 bits per heavy atom. The molecular weight excluding hydrogens is 310 g/mol. The van der Waals surface area contributed by atoms with Crippen molar-refractivity contribution in [3.8, 4) is 11.5 Å². The van der Waals surface area contributed by atoms with Crippen molar-refractivity contribution < 1.29 is 9.47 Å². The second-order valence-corrected chi connectivity index (χ2v) is 6.20. The van der Waals surface area contributed by atoms with Crippen LogP contribution in [0.3, 0.4) is 0 Å². The van der Waals surface area contributed by atoms with Crippen LogP contribution in [0.5, 0.6) is 11.5 Å². The van der Waals surface area contributed by atoms with E-state index in [2.05, 4.69) is 33.1 Å². The van der Waals surface area contributed by atoms with E-state index in [1.807, 2.05) is 18.2 Å². The van der Waals surface area contributed by atoms with Gasteiger partial charge in [0.05, 0.1) is 13.2 Å². The summed E-state index contributed by atoms with van der Waals surface area (Å²) in [6.45, 7) is 2.22.